The second-order valence-electron chi connectivity index (χ2n) is 22.0. The number of hydrogen-bond donors (Lipinski definition) is 0. The summed E-state index contributed by atoms with van der Waals surface area (Å²) in [6, 6.07) is 37.7. The van der Waals surface area contributed by atoms with Crippen LogP contribution in [0, 0.1) is 0 Å². The highest BCUT2D eigenvalue weighted by molar-refractivity contribution is 7.04. The zero-order chi connectivity index (χ0) is 40.7. The van der Waals surface area contributed by atoms with Crippen molar-refractivity contribution in [2.45, 2.75) is 105 Å². The summed E-state index contributed by atoms with van der Waals surface area (Å²) in [5, 5.41) is 20.2. The Hall–Kier alpha value is -3.12. The normalized spacial score (nSPS) is 14.7. The van der Waals surface area contributed by atoms with Gasteiger partial charge >= 0.3 is 0 Å². The highest BCUT2D eigenvalue weighted by Crippen LogP contribution is 2.47. The molecule has 7 aromatic carbocycles. The van der Waals surface area contributed by atoms with Crippen LogP contribution in [0.4, 0.5) is 0 Å². The van der Waals surface area contributed by atoms with Crippen LogP contribution < -0.4 is 36.3 Å². The molecule has 0 bridgehead atoms. The molecule has 0 fully saturated rings. The molecule has 1 aliphatic rings. The van der Waals surface area contributed by atoms with Crippen molar-refractivity contribution in [3.63, 3.8) is 0 Å². The van der Waals surface area contributed by atoms with Crippen LogP contribution in [-0.2, 0) is 0 Å². The molecule has 6 heteroatoms. The summed E-state index contributed by atoms with van der Waals surface area (Å²) in [6.07, 6.45) is 0. The van der Waals surface area contributed by atoms with Gasteiger partial charge in [-0.05, 0) is 82.1 Å². The third-order valence-corrected chi connectivity index (χ3v) is 26.5. The van der Waals surface area contributed by atoms with E-state index in [1.807, 2.05) is 0 Å². The topological polar surface area (TPSA) is 0 Å². The minimum Gasteiger partial charge on any atom is -0.0682 e. The van der Waals surface area contributed by atoms with Gasteiger partial charge in [0.25, 0.3) is 0 Å². The van der Waals surface area contributed by atoms with Crippen LogP contribution in [0.1, 0.15) is 0 Å². The van der Waals surface area contributed by atoms with Crippen molar-refractivity contribution in [1.29, 1.82) is 0 Å². The molecule has 56 heavy (non-hydrogen) atoms. The summed E-state index contributed by atoms with van der Waals surface area (Å²) >= 11 is 0. The van der Waals surface area contributed by atoms with Crippen molar-refractivity contribution < 1.29 is 0 Å². The van der Waals surface area contributed by atoms with Gasteiger partial charge in [-0.25, -0.2) is 0 Å². The summed E-state index contributed by atoms with van der Waals surface area (Å²) in [6.45, 7) is 40.9. The molecule has 0 unspecified atom stereocenters. The maximum atomic E-state index is 2.72. The third kappa shape index (κ3) is 6.03. The molecule has 288 valence electrons. The van der Waals surface area contributed by atoms with Crippen LogP contribution in [0.3, 0.4) is 0 Å². The van der Waals surface area contributed by atoms with Gasteiger partial charge in [0.1, 0.15) is 8.07 Å². The molecule has 1 heterocycles. The summed E-state index contributed by atoms with van der Waals surface area (Å²) in [4.78, 5) is 0. The maximum absolute atomic E-state index is 2.72. The van der Waals surface area contributed by atoms with E-state index in [0.717, 1.165) is 0 Å². The fraction of sp³-hybridized carbons (Fsp3) is 0.320. The quantitative estimate of drug-likeness (QED) is 0.111. The Morgan fingerprint density at radius 1 is 0.411 bits per heavy atom. The first-order chi connectivity index (χ1) is 25.9. The number of fused-ring (bicyclic) bond motifs is 2. The minimum absolute atomic E-state index is 1.19. The second-order valence-corrected chi connectivity index (χ2v) is 49.4. The van der Waals surface area contributed by atoms with Gasteiger partial charge in [0.15, 0.2) is 0 Å². The highest BCUT2D eigenvalue weighted by Gasteiger charge is 2.40. The molecule has 0 spiro atoms. The summed E-state index contributed by atoms with van der Waals surface area (Å²) in [5.41, 5.74) is 9.16. The van der Waals surface area contributed by atoms with Crippen LogP contribution in [-0.4, -0.2) is 49.2 Å². The van der Waals surface area contributed by atoms with Gasteiger partial charge in [-0.1, -0.05) is 216 Å². The average Bonchev–Trinajstić information content (AvgIpc) is 3.10. The maximum Gasteiger partial charge on any atom is 0.113 e. The van der Waals surface area contributed by atoms with Gasteiger partial charge in [0.2, 0.25) is 0 Å². The molecule has 1 aliphatic heterocycles. The SMILES string of the molecule is C[SiH](C)c1cccc([Si](C)(C)C)c1-c1cc2c3c(cc4ccc(-c5c([Si](C)(C)C)cccc5[Si](C)(C)C)c5ccc1c3c45)[Si](C)(C)c1cccc([Si](C)(C)C)c1-2. The Morgan fingerprint density at radius 3 is 1.43 bits per heavy atom. The van der Waals surface area contributed by atoms with Gasteiger partial charge in [0, 0.05) is 0 Å². The predicted octanol–water partition coefficient (Wildman–Crippen LogP) is 10.6. The van der Waals surface area contributed by atoms with Crippen molar-refractivity contribution in [2.24, 2.45) is 0 Å². The lowest BCUT2D eigenvalue weighted by molar-refractivity contribution is 1.62. The molecular formula is C50H64Si6. The van der Waals surface area contributed by atoms with E-state index in [-0.39, 0.29) is 0 Å². The molecule has 0 saturated heterocycles. The molecule has 0 atom stereocenters. The first-order valence-corrected chi connectivity index (χ1v) is 41.0. The first kappa shape index (κ1) is 39.7. The van der Waals surface area contributed by atoms with Crippen molar-refractivity contribution in [3.8, 4) is 33.4 Å². The lowest BCUT2D eigenvalue weighted by atomic mass is 9.83. The van der Waals surface area contributed by atoms with E-state index in [0.29, 0.717) is 0 Å². The van der Waals surface area contributed by atoms with Crippen LogP contribution >= 0.6 is 0 Å². The number of benzene rings is 7. The molecule has 7 aromatic rings. The zero-order valence-corrected chi connectivity index (χ0v) is 43.4. The monoisotopic (exact) mass is 832 g/mol. The predicted molar refractivity (Wildman–Crippen MR) is 274 cm³/mol. The van der Waals surface area contributed by atoms with Gasteiger partial charge in [-0.15, -0.1) is 0 Å². The molecule has 0 nitrogen and oxygen atoms in total. The summed E-state index contributed by atoms with van der Waals surface area (Å²) in [5.74, 6) is 0. The molecular weight excluding hydrogens is 769 g/mol. The lowest BCUT2D eigenvalue weighted by Gasteiger charge is -2.38. The third-order valence-electron chi connectivity index (χ3n) is 13.1. The second kappa shape index (κ2) is 12.9. The van der Waals surface area contributed by atoms with E-state index in [1.165, 1.54) is 43.6 Å². The van der Waals surface area contributed by atoms with Crippen LogP contribution in [0.2, 0.25) is 105 Å². The first-order valence-electron chi connectivity index (χ1n) is 21.2. The van der Waals surface area contributed by atoms with Crippen molar-refractivity contribution in [2.75, 3.05) is 0 Å². The van der Waals surface area contributed by atoms with Crippen LogP contribution in [0.5, 0.6) is 0 Å². The van der Waals surface area contributed by atoms with E-state index in [1.54, 1.807) is 58.4 Å². The molecule has 8 rings (SSSR count). The fourth-order valence-electron chi connectivity index (χ4n) is 10.3. The molecule has 0 saturated carbocycles. The number of hydrogen-bond acceptors (Lipinski definition) is 0. The molecule has 0 aliphatic carbocycles. The molecule has 0 aromatic heterocycles. The van der Waals surface area contributed by atoms with E-state index < -0.39 is 49.2 Å². The zero-order valence-electron chi connectivity index (χ0n) is 37.2. The Kier molecular flexibility index (Phi) is 9.17. The molecule has 0 N–H and O–H groups in total. The standard InChI is InChI=1S/C50H64Si6/c1-51(2)38-20-17-21-39(52(3,4)5)46(38)36-31-37-48-42(55(12,13)14)24-19-25-43(48)56(15,16)44-30-32-26-27-34(33-28-29-35(36)50(45(32)33)49(37)44)47-40(53(6,7)8)22-18-23-41(47)54(9,10)11/h17-31,51H,1-16H3. The Balaban J connectivity index is 1.66. The Labute approximate surface area is 344 Å². The Morgan fingerprint density at radius 2 is 0.893 bits per heavy atom. The van der Waals surface area contributed by atoms with Crippen molar-refractivity contribution in [1.82, 2.24) is 0 Å². The van der Waals surface area contributed by atoms with Gasteiger partial charge in [-0.2, -0.15) is 0 Å². The van der Waals surface area contributed by atoms with E-state index in [9.17, 15) is 0 Å². The largest absolute Gasteiger partial charge is 0.113 e. The van der Waals surface area contributed by atoms with Crippen molar-refractivity contribution in [3.05, 3.63) is 91.0 Å². The van der Waals surface area contributed by atoms with Crippen molar-refractivity contribution >= 4 is 118 Å². The smallest absolute Gasteiger partial charge is 0.0682 e. The average molecular weight is 834 g/mol. The van der Waals surface area contributed by atoms with Gasteiger partial charge < -0.3 is 0 Å². The van der Waals surface area contributed by atoms with Crippen LogP contribution in [0.25, 0.3) is 65.7 Å². The Bertz CT molecular complexity index is 2690. The summed E-state index contributed by atoms with van der Waals surface area (Å²) in [7, 11) is -10.1. The number of rotatable bonds is 7. The molecule has 0 amide bonds. The summed E-state index contributed by atoms with van der Waals surface area (Å²) < 4.78 is 0. The van der Waals surface area contributed by atoms with Gasteiger partial charge in [-0.3, -0.25) is 0 Å². The lowest BCUT2D eigenvalue weighted by Crippen LogP contribution is -2.58. The molecule has 0 radical (unpaired) electrons. The van der Waals surface area contributed by atoms with E-state index >= 15 is 0 Å². The highest BCUT2D eigenvalue weighted by atomic mass is 28.3. The van der Waals surface area contributed by atoms with E-state index in [4.69, 9.17) is 0 Å². The van der Waals surface area contributed by atoms with Gasteiger partial charge in [0.05, 0.1) is 41.1 Å². The minimum atomic E-state index is -2.09. The van der Waals surface area contributed by atoms with Crippen LogP contribution in [0.15, 0.2) is 91.0 Å². The van der Waals surface area contributed by atoms with E-state index in [2.05, 4.69) is 196 Å². The fourth-order valence-corrected chi connectivity index (χ4v) is 21.7.